The molecule has 0 heteroatoms. The van der Waals surface area contributed by atoms with Crippen molar-refractivity contribution < 1.29 is 0 Å². The van der Waals surface area contributed by atoms with Crippen LogP contribution < -0.4 is 0 Å². The van der Waals surface area contributed by atoms with Crippen LogP contribution in [-0.4, -0.2) is 0 Å². The summed E-state index contributed by atoms with van der Waals surface area (Å²) in [5.41, 5.74) is 4.28. The van der Waals surface area contributed by atoms with Gasteiger partial charge in [-0.05, 0) is 36.0 Å². The zero-order valence-corrected chi connectivity index (χ0v) is 11.3. The molecule has 0 aliphatic rings. The zero-order valence-electron chi connectivity index (χ0n) is 11.3. The van der Waals surface area contributed by atoms with Crippen molar-refractivity contribution in [3.05, 3.63) is 77.2 Å². The van der Waals surface area contributed by atoms with E-state index in [2.05, 4.69) is 68.4 Å². The van der Waals surface area contributed by atoms with E-state index in [1.807, 2.05) is 0 Å². The number of rotatable bonds is 5. The minimum atomic E-state index is 1.03. The largest absolute Gasteiger partial charge is 0.0645 e. The van der Waals surface area contributed by atoms with Gasteiger partial charge in [0.15, 0.2) is 0 Å². The van der Waals surface area contributed by atoms with Crippen LogP contribution in [0.25, 0.3) is 0 Å². The summed E-state index contributed by atoms with van der Waals surface area (Å²) in [6.07, 6.45) is 3.31. The predicted molar refractivity (Wildman–Crippen MR) is 78.6 cm³/mol. The second-order valence-corrected chi connectivity index (χ2v) is 4.63. The Morgan fingerprint density at radius 3 is 2.06 bits per heavy atom. The Balaban J connectivity index is 2.28. The molecule has 0 heterocycles. The Morgan fingerprint density at radius 2 is 1.39 bits per heavy atom. The summed E-state index contributed by atoms with van der Waals surface area (Å²) in [5.74, 6) is 1.56. The van der Waals surface area contributed by atoms with Crippen LogP contribution in [0.1, 0.15) is 43.4 Å². The van der Waals surface area contributed by atoms with Gasteiger partial charge in [0.1, 0.15) is 0 Å². The van der Waals surface area contributed by atoms with Crippen LogP contribution >= 0.6 is 0 Å². The summed E-state index contributed by atoms with van der Waals surface area (Å²) in [6, 6.07) is 19.5. The van der Waals surface area contributed by atoms with Crippen LogP contribution in [-0.2, 0) is 6.42 Å². The SMILES string of the molecule is CC[C](CC)c1ccccc1Cc1ccccc1. The maximum absolute atomic E-state index is 2.26. The van der Waals surface area contributed by atoms with Gasteiger partial charge in [-0.3, -0.25) is 0 Å². The van der Waals surface area contributed by atoms with E-state index in [1.54, 1.807) is 5.92 Å². The maximum Gasteiger partial charge on any atom is 0.00473 e. The van der Waals surface area contributed by atoms with Crippen LogP contribution in [0.2, 0.25) is 0 Å². The van der Waals surface area contributed by atoms with Gasteiger partial charge in [0.05, 0.1) is 0 Å². The van der Waals surface area contributed by atoms with Crippen LogP contribution in [0.5, 0.6) is 0 Å². The third-order valence-corrected chi connectivity index (χ3v) is 3.49. The van der Waals surface area contributed by atoms with Crippen molar-refractivity contribution in [1.29, 1.82) is 0 Å². The van der Waals surface area contributed by atoms with E-state index in [0.717, 1.165) is 19.3 Å². The molecule has 93 valence electrons. The van der Waals surface area contributed by atoms with Gasteiger partial charge in [-0.15, -0.1) is 0 Å². The Labute approximate surface area is 111 Å². The smallest absolute Gasteiger partial charge is 0.00473 e. The number of hydrogen-bond acceptors (Lipinski definition) is 0. The molecule has 0 bridgehead atoms. The lowest BCUT2D eigenvalue weighted by Gasteiger charge is -2.17. The Morgan fingerprint density at radius 1 is 0.778 bits per heavy atom. The van der Waals surface area contributed by atoms with Gasteiger partial charge in [-0.1, -0.05) is 68.4 Å². The van der Waals surface area contributed by atoms with Crippen LogP contribution in [0.4, 0.5) is 0 Å². The maximum atomic E-state index is 2.26. The third-order valence-electron chi connectivity index (χ3n) is 3.49. The lowest BCUT2D eigenvalue weighted by atomic mass is 9.88. The first-order valence-electron chi connectivity index (χ1n) is 6.82. The molecule has 0 saturated heterocycles. The topological polar surface area (TPSA) is 0 Å². The molecule has 0 aliphatic heterocycles. The second kappa shape index (κ2) is 6.39. The van der Waals surface area contributed by atoms with Gasteiger partial charge >= 0.3 is 0 Å². The van der Waals surface area contributed by atoms with Crippen molar-refractivity contribution in [2.24, 2.45) is 0 Å². The molecule has 0 amide bonds. The van der Waals surface area contributed by atoms with Crippen LogP contribution in [0, 0.1) is 5.92 Å². The first kappa shape index (κ1) is 12.9. The van der Waals surface area contributed by atoms with Gasteiger partial charge in [0, 0.05) is 5.92 Å². The first-order chi connectivity index (χ1) is 8.85. The fraction of sp³-hybridized carbons (Fsp3) is 0.278. The summed E-state index contributed by atoms with van der Waals surface area (Å²) < 4.78 is 0. The molecule has 2 rings (SSSR count). The molecule has 0 aliphatic carbocycles. The van der Waals surface area contributed by atoms with Gasteiger partial charge in [-0.25, -0.2) is 0 Å². The van der Waals surface area contributed by atoms with E-state index in [-0.39, 0.29) is 0 Å². The fourth-order valence-electron chi connectivity index (χ4n) is 2.47. The zero-order chi connectivity index (χ0) is 12.8. The predicted octanol–water partition coefficient (Wildman–Crippen LogP) is 5.02. The molecule has 18 heavy (non-hydrogen) atoms. The summed E-state index contributed by atoms with van der Waals surface area (Å²) in [6.45, 7) is 4.50. The van der Waals surface area contributed by atoms with Gasteiger partial charge < -0.3 is 0 Å². The monoisotopic (exact) mass is 237 g/mol. The van der Waals surface area contributed by atoms with Crippen LogP contribution in [0.15, 0.2) is 54.6 Å². The molecule has 2 aromatic rings. The highest BCUT2D eigenvalue weighted by Gasteiger charge is 2.11. The quantitative estimate of drug-likeness (QED) is 0.685. The summed E-state index contributed by atoms with van der Waals surface area (Å²) in [4.78, 5) is 0. The second-order valence-electron chi connectivity index (χ2n) is 4.63. The number of benzene rings is 2. The lowest BCUT2D eigenvalue weighted by molar-refractivity contribution is 0.840. The van der Waals surface area contributed by atoms with Gasteiger partial charge in [0.2, 0.25) is 0 Å². The molecule has 0 nitrogen and oxygen atoms in total. The average molecular weight is 237 g/mol. The average Bonchev–Trinajstić information content (AvgIpc) is 2.43. The molecule has 0 unspecified atom stereocenters. The Kier molecular flexibility index (Phi) is 4.58. The van der Waals surface area contributed by atoms with Crippen molar-refractivity contribution in [3.8, 4) is 0 Å². The molecule has 0 atom stereocenters. The molecule has 0 saturated carbocycles. The standard InChI is InChI=1S/C18H21/c1-3-16(4-2)18-13-9-8-12-17(18)14-15-10-6-5-7-11-15/h5-13H,3-4,14H2,1-2H3. The van der Waals surface area contributed by atoms with E-state index in [1.165, 1.54) is 16.7 Å². The highest BCUT2D eigenvalue weighted by Crippen LogP contribution is 2.26. The normalized spacial score (nSPS) is 10.8. The minimum absolute atomic E-state index is 1.03. The van der Waals surface area contributed by atoms with Crippen LogP contribution in [0.3, 0.4) is 0 Å². The van der Waals surface area contributed by atoms with E-state index in [4.69, 9.17) is 0 Å². The molecule has 0 spiro atoms. The fourth-order valence-corrected chi connectivity index (χ4v) is 2.47. The highest BCUT2D eigenvalue weighted by atomic mass is 14.2. The molecular formula is C18H21. The van der Waals surface area contributed by atoms with Gasteiger partial charge in [-0.2, -0.15) is 0 Å². The first-order valence-corrected chi connectivity index (χ1v) is 6.82. The van der Waals surface area contributed by atoms with Crippen molar-refractivity contribution >= 4 is 0 Å². The van der Waals surface area contributed by atoms with E-state index in [0.29, 0.717) is 0 Å². The van der Waals surface area contributed by atoms with E-state index >= 15 is 0 Å². The molecular weight excluding hydrogens is 216 g/mol. The molecule has 0 fully saturated rings. The van der Waals surface area contributed by atoms with Crippen molar-refractivity contribution in [1.82, 2.24) is 0 Å². The Bertz CT molecular complexity index is 466. The molecule has 1 radical (unpaired) electrons. The lowest BCUT2D eigenvalue weighted by Crippen LogP contribution is -2.02. The van der Waals surface area contributed by atoms with Crippen molar-refractivity contribution in [2.45, 2.75) is 33.1 Å². The highest BCUT2D eigenvalue weighted by molar-refractivity contribution is 5.41. The number of hydrogen-bond donors (Lipinski definition) is 0. The van der Waals surface area contributed by atoms with Crippen molar-refractivity contribution in [2.75, 3.05) is 0 Å². The molecule has 0 aromatic heterocycles. The van der Waals surface area contributed by atoms with Crippen molar-refractivity contribution in [3.63, 3.8) is 0 Å². The van der Waals surface area contributed by atoms with E-state index in [9.17, 15) is 0 Å². The molecule has 0 N–H and O–H groups in total. The Hall–Kier alpha value is -1.56. The summed E-state index contributed by atoms with van der Waals surface area (Å²) in [7, 11) is 0. The molecule has 2 aromatic carbocycles. The minimum Gasteiger partial charge on any atom is -0.0645 e. The summed E-state index contributed by atoms with van der Waals surface area (Å²) in [5, 5.41) is 0. The summed E-state index contributed by atoms with van der Waals surface area (Å²) >= 11 is 0. The van der Waals surface area contributed by atoms with E-state index < -0.39 is 0 Å². The third kappa shape index (κ3) is 3.01. The van der Waals surface area contributed by atoms with Gasteiger partial charge in [0.25, 0.3) is 0 Å².